The van der Waals surface area contributed by atoms with E-state index < -0.39 is 8.32 Å². The van der Waals surface area contributed by atoms with Crippen molar-refractivity contribution in [2.45, 2.75) is 83.8 Å². The molecule has 208 valence electrons. The van der Waals surface area contributed by atoms with Gasteiger partial charge in [-0.2, -0.15) is 5.10 Å². The average molecular weight is 543 g/mol. The van der Waals surface area contributed by atoms with Gasteiger partial charge in [0.2, 0.25) is 14.2 Å². The molecule has 0 bridgehead atoms. The molecule has 3 aromatic rings. The highest BCUT2D eigenvalue weighted by Crippen LogP contribution is 2.39. The van der Waals surface area contributed by atoms with Gasteiger partial charge in [-0.25, -0.2) is 9.67 Å². The van der Waals surface area contributed by atoms with Crippen molar-refractivity contribution >= 4 is 19.2 Å². The third-order valence-electron chi connectivity index (χ3n) is 7.30. The van der Waals surface area contributed by atoms with E-state index in [0.717, 1.165) is 48.2 Å². The van der Waals surface area contributed by atoms with Gasteiger partial charge in [0, 0.05) is 18.6 Å². The van der Waals surface area contributed by atoms with E-state index in [1.54, 1.807) is 19.3 Å². The summed E-state index contributed by atoms with van der Waals surface area (Å²) in [5.74, 6) is 1.25. The largest absolute Gasteiger partial charge is 0.543 e. The number of hydrogen-bond donors (Lipinski definition) is 1. The van der Waals surface area contributed by atoms with Gasteiger partial charge in [0.05, 0.1) is 30.6 Å². The Kier molecular flexibility index (Phi) is 9.07. The Labute approximate surface area is 226 Å². The van der Waals surface area contributed by atoms with E-state index in [-0.39, 0.29) is 17.4 Å². The summed E-state index contributed by atoms with van der Waals surface area (Å²) in [5.41, 5.74) is 2.33. The molecule has 0 amide bonds. The van der Waals surface area contributed by atoms with Crippen LogP contribution < -0.4 is 9.16 Å². The topological polar surface area (TPSA) is 101 Å². The molecule has 0 aliphatic carbocycles. The summed E-state index contributed by atoms with van der Waals surface area (Å²) in [6.45, 7) is 14.9. The van der Waals surface area contributed by atoms with Crippen molar-refractivity contribution in [2.75, 3.05) is 26.4 Å². The van der Waals surface area contributed by atoms with E-state index in [2.05, 4.69) is 51.0 Å². The van der Waals surface area contributed by atoms with Gasteiger partial charge in [-0.3, -0.25) is 4.98 Å². The smallest absolute Gasteiger partial charge is 0.250 e. The summed E-state index contributed by atoms with van der Waals surface area (Å²) in [5, 5.41) is 15.4. The summed E-state index contributed by atoms with van der Waals surface area (Å²) >= 11 is 0. The lowest BCUT2D eigenvalue weighted by Crippen LogP contribution is -2.43. The van der Waals surface area contributed by atoms with Crippen LogP contribution in [0.2, 0.25) is 18.1 Å². The standard InChI is InChI=1S/C28H42N4O5Si/c1-20(33)12-14-34-15-16-35-25-19-29-18-23(30-25)27-22-17-21(37-38(5,6)28(2,3)4)10-11-24(22)32(31-27)26-9-7-8-13-36-26/h10-11,17-20,26,33H,7-9,12-16H2,1-6H3/t20-,26?/m0/s1. The molecule has 2 atom stereocenters. The summed E-state index contributed by atoms with van der Waals surface area (Å²) in [6, 6.07) is 6.18. The van der Waals surface area contributed by atoms with Crippen LogP contribution in [-0.4, -0.2) is 65.7 Å². The quantitative estimate of drug-likeness (QED) is 0.242. The predicted molar refractivity (Wildman–Crippen MR) is 150 cm³/mol. The van der Waals surface area contributed by atoms with E-state index in [1.807, 2.05) is 10.7 Å². The number of aliphatic hydroxyl groups is 1. The van der Waals surface area contributed by atoms with E-state index in [4.69, 9.17) is 28.7 Å². The third kappa shape index (κ3) is 6.91. The Hall–Kier alpha value is -2.53. The Balaban J connectivity index is 1.62. The molecule has 1 aromatic carbocycles. The van der Waals surface area contributed by atoms with Crippen molar-refractivity contribution < 1.29 is 23.7 Å². The van der Waals surface area contributed by atoms with E-state index in [1.165, 1.54) is 0 Å². The van der Waals surface area contributed by atoms with Gasteiger partial charge < -0.3 is 23.7 Å². The van der Waals surface area contributed by atoms with Crippen LogP contribution in [0.5, 0.6) is 11.6 Å². The van der Waals surface area contributed by atoms with Gasteiger partial charge in [-0.05, 0) is 68.9 Å². The maximum absolute atomic E-state index is 9.34. The highest BCUT2D eigenvalue weighted by molar-refractivity contribution is 6.74. The number of nitrogens with zero attached hydrogens (tertiary/aromatic N) is 4. The van der Waals surface area contributed by atoms with Crippen LogP contribution in [0.3, 0.4) is 0 Å². The molecule has 0 radical (unpaired) electrons. The molecule has 1 N–H and O–H groups in total. The second-order valence-corrected chi connectivity index (χ2v) is 16.2. The second-order valence-electron chi connectivity index (χ2n) is 11.5. The van der Waals surface area contributed by atoms with Gasteiger partial charge in [0.25, 0.3) is 0 Å². The molecule has 2 aromatic heterocycles. The van der Waals surface area contributed by atoms with Gasteiger partial charge in [0.15, 0.2) is 6.23 Å². The molecule has 1 saturated heterocycles. The van der Waals surface area contributed by atoms with Crippen LogP contribution in [-0.2, 0) is 9.47 Å². The lowest BCUT2D eigenvalue weighted by Gasteiger charge is -2.36. The minimum Gasteiger partial charge on any atom is -0.543 e. The molecule has 0 spiro atoms. The number of ether oxygens (including phenoxy) is 3. The van der Waals surface area contributed by atoms with Gasteiger partial charge >= 0.3 is 0 Å². The maximum Gasteiger partial charge on any atom is 0.250 e. The van der Waals surface area contributed by atoms with E-state index in [0.29, 0.717) is 37.8 Å². The molecule has 10 heteroatoms. The molecule has 1 aliphatic heterocycles. The number of aromatic nitrogens is 4. The second kappa shape index (κ2) is 12.1. The molecule has 1 aliphatic rings. The minimum atomic E-state index is -2.02. The molecule has 4 rings (SSSR count). The number of hydrogen-bond acceptors (Lipinski definition) is 8. The fraction of sp³-hybridized carbons (Fsp3) is 0.607. The first-order chi connectivity index (χ1) is 18.0. The minimum absolute atomic E-state index is 0.0854. The summed E-state index contributed by atoms with van der Waals surface area (Å²) < 4.78 is 26.0. The number of rotatable bonds is 11. The number of fused-ring (bicyclic) bond motifs is 1. The fourth-order valence-electron chi connectivity index (χ4n) is 4.05. The van der Waals surface area contributed by atoms with Crippen LogP contribution in [0.25, 0.3) is 22.3 Å². The monoisotopic (exact) mass is 542 g/mol. The zero-order valence-electron chi connectivity index (χ0n) is 23.6. The molecule has 1 fully saturated rings. The first-order valence-electron chi connectivity index (χ1n) is 13.6. The van der Waals surface area contributed by atoms with Crippen molar-refractivity contribution in [3.05, 3.63) is 30.6 Å². The van der Waals surface area contributed by atoms with Gasteiger partial charge in [-0.1, -0.05) is 20.8 Å². The van der Waals surface area contributed by atoms with Crippen LogP contribution in [0.4, 0.5) is 0 Å². The van der Waals surface area contributed by atoms with Gasteiger partial charge in [-0.15, -0.1) is 0 Å². The first-order valence-corrected chi connectivity index (χ1v) is 16.5. The number of aliphatic hydroxyl groups excluding tert-OH is 1. The first kappa shape index (κ1) is 28.5. The zero-order valence-corrected chi connectivity index (χ0v) is 24.6. The van der Waals surface area contributed by atoms with Crippen molar-refractivity contribution in [3.63, 3.8) is 0 Å². The molecular weight excluding hydrogens is 500 g/mol. The fourth-order valence-corrected chi connectivity index (χ4v) is 5.07. The van der Waals surface area contributed by atoms with Crippen molar-refractivity contribution in [1.82, 2.24) is 19.7 Å². The highest BCUT2D eigenvalue weighted by atomic mass is 28.4. The lowest BCUT2D eigenvalue weighted by molar-refractivity contribution is -0.0365. The zero-order chi connectivity index (χ0) is 27.3. The Bertz CT molecular complexity index is 1200. The molecule has 1 unspecified atom stereocenters. The lowest BCUT2D eigenvalue weighted by atomic mass is 10.1. The Morgan fingerprint density at radius 3 is 2.68 bits per heavy atom. The van der Waals surface area contributed by atoms with Gasteiger partial charge in [0.1, 0.15) is 23.7 Å². The highest BCUT2D eigenvalue weighted by Gasteiger charge is 2.39. The SMILES string of the molecule is C[C@H](O)CCOCCOc1cncc(-c2nn(C3CCCCO3)c3ccc(O[Si](C)(C)C(C)(C)C)cc23)n1. The van der Waals surface area contributed by atoms with Crippen molar-refractivity contribution in [3.8, 4) is 23.0 Å². The molecular formula is C28H42N4O5Si. The summed E-state index contributed by atoms with van der Waals surface area (Å²) in [7, 11) is -2.02. The van der Waals surface area contributed by atoms with Crippen LogP contribution >= 0.6 is 0 Å². The third-order valence-corrected chi connectivity index (χ3v) is 11.7. The normalized spacial score (nSPS) is 17.5. The Morgan fingerprint density at radius 2 is 1.97 bits per heavy atom. The summed E-state index contributed by atoms with van der Waals surface area (Å²) in [6.07, 6.45) is 6.50. The average Bonchev–Trinajstić information content (AvgIpc) is 3.25. The predicted octanol–water partition coefficient (Wildman–Crippen LogP) is 5.74. The van der Waals surface area contributed by atoms with Crippen molar-refractivity contribution in [2.24, 2.45) is 0 Å². The Morgan fingerprint density at radius 1 is 1.16 bits per heavy atom. The molecule has 3 heterocycles. The molecule has 0 saturated carbocycles. The molecule has 9 nitrogen and oxygen atoms in total. The molecule has 38 heavy (non-hydrogen) atoms. The van der Waals surface area contributed by atoms with Crippen LogP contribution in [0, 0.1) is 0 Å². The van der Waals surface area contributed by atoms with E-state index >= 15 is 0 Å². The number of benzene rings is 1. The summed E-state index contributed by atoms with van der Waals surface area (Å²) in [4.78, 5) is 9.09. The maximum atomic E-state index is 9.34. The van der Waals surface area contributed by atoms with Crippen molar-refractivity contribution in [1.29, 1.82) is 0 Å². The van der Waals surface area contributed by atoms with E-state index in [9.17, 15) is 5.11 Å². The van der Waals surface area contributed by atoms with Crippen LogP contribution in [0.1, 0.15) is 59.6 Å². The van der Waals surface area contributed by atoms with Crippen LogP contribution in [0.15, 0.2) is 30.6 Å².